The molecule has 15 N–H and O–H groups in total. The van der Waals surface area contributed by atoms with Gasteiger partial charge in [0.25, 0.3) is 10.2 Å². The number of urea groups is 4. The van der Waals surface area contributed by atoms with Crippen molar-refractivity contribution >= 4 is 108 Å². The lowest BCUT2D eigenvalue weighted by molar-refractivity contribution is -0.116. The van der Waals surface area contributed by atoms with Crippen LogP contribution in [0.2, 0.25) is 0 Å². The summed E-state index contributed by atoms with van der Waals surface area (Å²) in [5.74, 6) is 0.112. The number of hydrogen-bond acceptors (Lipinski definition) is 15. The second-order valence-corrected chi connectivity index (χ2v) is 21.7. The molecule has 6 aliphatic rings. The maximum Gasteiger partial charge on any atom is 0.322 e. The highest BCUT2D eigenvalue weighted by Crippen LogP contribution is 2.31. The molecule has 26 nitrogen and oxygen atoms in total. The zero-order valence-corrected chi connectivity index (χ0v) is 51.0. The fourth-order valence-electron chi connectivity index (χ4n) is 9.46. The molecule has 0 saturated heterocycles. The van der Waals surface area contributed by atoms with Crippen LogP contribution < -0.4 is 73.2 Å². The van der Waals surface area contributed by atoms with Gasteiger partial charge in [0.2, 0.25) is 5.91 Å². The second kappa shape index (κ2) is 30.9. The number of amides is 9. The summed E-state index contributed by atoms with van der Waals surface area (Å²) in [4.78, 5) is 61.8. The molecule has 6 aromatic rings. The highest BCUT2D eigenvalue weighted by molar-refractivity contribution is 7.90. The summed E-state index contributed by atoms with van der Waals surface area (Å²) in [6.45, 7) is 4.30. The number of aliphatic hydroxyl groups excluding tert-OH is 1. The third-order valence-electron chi connectivity index (χ3n) is 14.4. The summed E-state index contributed by atoms with van der Waals surface area (Å²) < 4.78 is 32.2. The number of nitrogens with zero attached hydrogens (tertiary/aromatic N) is 3. The van der Waals surface area contributed by atoms with Gasteiger partial charge in [-0.15, -0.1) is 0 Å². The zero-order chi connectivity index (χ0) is 62.6. The van der Waals surface area contributed by atoms with E-state index in [9.17, 15) is 32.4 Å². The van der Waals surface area contributed by atoms with Gasteiger partial charge in [0.15, 0.2) is 0 Å². The molecular weight excluding hydrogens is 1130 g/mol. The Morgan fingerprint density at radius 3 is 1.46 bits per heavy atom. The highest BCUT2D eigenvalue weighted by atomic mass is 32.2. The lowest BCUT2D eigenvalue weighted by atomic mass is 10.0. The number of methoxy groups -OCH3 is 1. The van der Waals surface area contributed by atoms with E-state index in [1.807, 2.05) is 138 Å². The van der Waals surface area contributed by atoms with E-state index in [1.165, 1.54) is 5.56 Å². The molecule has 0 aromatic heterocycles. The average Bonchev–Trinajstić information content (AvgIpc) is 2.86. The second-order valence-electron chi connectivity index (χ2n) is 20.2. The topological polar surface area (TPSA) is 327 Å². The number of hydrogen-bond donors (Lipinski definition) is 15. The molecule has 464 valence electrons. The van der Waals surface area contributed by atoms with Crippen molar-refractivity contribution < 1.29 is 42.2 Å². The summed E-state index contributed by atoms with van der Waals surface area (Å²) in [6, 6.07) is 34.8. The molecule has 6 aromatic carbocycles. The van der Waals surface area contributed by atoms with Gasteiger partial charge in [0.1, 0.15) is 0 Å². The van der Waals surface area contributed by atoms with E-state index in [0.717, 1.165) is 96.8 Å². The fraction of sp³-hybridized carbons (Fsp3) is 0.317. The van der Waals surface area contributed by atoms with Crippen molar-refractivity contribution in [3.63, 3.8) is 0 Å². The van der Waals surface area contributed by atoms with Gasteiger partial charge in [0.05, 0.1) is 18.9 Å². The van der Waals surface area contributed by atoms with E-state index in [4.69, 9.17) is 9.84 Å². The molecule has 0 unspecified atom stereocenters. The van der Waals surface area contributed by atoms with Crippen LogP contribution in [0.3, 0.4) is 0 Å². The van der Waals surface area contributed by atoms with Gasteiger partial charge in [0, 0.05) is 171 Å². The van der Waals surface area contributed by atoms with Gasteiger partial charge in [-0.3, -0.25) is 9.52 Å². The molecular formula is C60H79N17O9S. The van der Waals surface area contributed by atoms with E-state index >= 15 is 0 Å². The molecule has 0 aliphatic carbocycles. The minimum Gasteiger partial charge on any atom is -0.395 e. The standard InChI is InChI=1S/C12H17N3O2.C11H15N3O2.C10H13N3O.C10H12N2O.C9H11N3O.C8H11N3O2S/c1-13-10-4-3-9-8-15(5-6-17-2)12(16)14-11(9)7-10;1-12-9-3-2-8-7-14(4-5-15)11(16)13-10(8)6-9;1-11-8-4-3-7-6-13(2)10(14)12-9(7)5-8;1-11-8-3-2-4-9-7(8)5-6-10(13)12-9;1-10-7-3-2-6-5-11-9(13)12-8(6)4-7;1-9-7-3-2-6-5-10-14(12,13)11-8(6)4-7/h3-4,7,13H,5-6,8H2,1-2H3,(H,14,16);2-3,6,12,15H,4-5,7H2,1H3,(H,13,16);3-5,11H,6H2,1-2H3,(H,12,14);2-4,11H,5-6H2,1H3,(H,12,13);2-4,10H,5H2,1H3,(H2,11,12,13);2-4,9-11H,5H2,1H3. The largest absolute Gasteiger partial charge is 0.395 e. The Balaban J connectivity index is 0.000000149. The first kappa shape index (κ1) is 64.9. The van der Waals surface area contributed by atoms with E-state index in [0.29, 0.717) is 64.5 Å². The van der Waals surface area contributed by atoms with Crippen LogP contribution in [-0.2, 0) is 58.9 Å². The Hall–Kier alpha value is -9.70. The number of anilines is 12. The molecule has 0 radical (unpaired) electrons. The first-order chi connectivity index (χ1) is 41.9. The maximum absolute atomic E-state index is 11.8. The van der Waals surface area contributed by atoms with Crippen molar-refractivity contribution in [2.45, 2.75) is 45.6 Å². The van der Waals surface area contributed by atoms with Gasteiger partial charge >= 0.3 is 24.1 Å². The van der Waals surface area contributed by atoms with Crippen LogP contribution in [0.15, 0.2) is 109 Å². The third-order valence-corrected chi connectivity index (χ3v) is 15.4. The SMILES string of the molecule is CNc1ccc2c(c1)NC(=O)N(C)C2.CNc1ccc2c(c1)NC(=O)N(CCO)C2.CNc1ccc2c(c1)NC(=O)N(CCOC)C2.CNc1ccc2c(c1)NC(=O)NC2.CNc1ccc2c(c1)NS(=O)(=O)NC2.CNc1cccc2c1CCC(=O)N2. The quantitative estimate of drug-likeness (QED) is 0.0585. The number of carbonyl (C=O) groups is 5. The maximum atomic E-state index is 11.8. The number of carbonyl (C=O) groups excluding carboxylic acids is 5. The third kappa shape index (κ3) is 17.9. The molecule has 0 atom stereocenters. The number of ether oxygens (including phenoxy) is 1. The molecule has 6 aliphatic heterocycles. The molecule has 0 spiro atoms. The predicted molar refractivity (Wildman–Crippen MR) is 346 cm³/mol. The Bertz CT molecular complexity index is 3530. The van der Waals surface area contributed by atoms with E-state index in [2.05, 4.69) is 73.2 Å². The Morgan fingerprint density at radius 1 is 0.506 bits per heavy atom. The predicted octanol–water partition coefficient (Wildman–Crippen LogP) is 7.96. The van der Waals surface area contributed by atoms with E-state index in [1.54, 1.807) is 42.0 Å². The molecule has 0 saturated carbocycles. The summed E-state index contributed by atoms with van der Waals surface area (Å²) in [6.07, 6.45) is 1.42. The van der Waals surface area contributed by atoms with Crippen LogP contribution in [0.5, 0.6) is 0 Å². The number of β-amino-alcohol motifs (C(OH)–C–C–N with tert-alkyl or cyclic N) is 1. The first-order valence-corrected chi connectivity index (χ1v) is 29.6. The lowest BCUT2D eigenvalue weighted by Crippen LogP contribution is -2.40. The molecule has 9 amide bonds. The minimum absolute atomic E-state index is 0.0165. The van der Waals surface area contributed by atoms with Gasteiger partial charge < -0.3 is 88.3 Å². The summed E-state index contributed by atoms with van der Waals surface area (Å²) in [5, 5.41) is 43.9. The Labute approximate surface area is 507 Å². The molecule has 6 heterocycles. The molecule has 27 heteroatoms. The average molecular weight is 1210 g/mol. The van der Waals surface area contributed by atoms with Gasteiger partial charge in [-0.05, 0) is 113 Å². The summed E-state index contributed by atoms with van der Waals surface area (Å²) in [7, 11) is 11.2. The zero-order valence-electron chi connectivity index (χ0n) is 50.1. The van der Waals surface area contributed by atoms with Crippen molar-refractivity contribution in [2.24, 2.45) is 0 Å². The van der Waals surface area contributed by atoms with Crippen LogP contribution in [0.1, 0.15) is 39.8 Å². The van der Waals surface area contributed by atoms with Crippen LogP contribution in [0, 0.1) is 0 Å². The van der Waals surface area contributed by atoms with E-state index < -0.39 is 10.2 Å². The molecule has 0 bridgehead atoms. The first-order valence-electron chi connectivity index (χ1n) is 28.1. The number of aliphatic hydroxyl groups is 1. The highest BCUT2D eigenvalue weighted by Gasteiger charge is 2.25. The number of fused-ring (bicyclic) bond motifs is 6. The summed E-state index contributed by atoms with van der Waals surface area (Å²) in [5.41, 5.74) is 17.7. The Morgan fingerprint density at radius 2 is 0.966 bits per heavy atom. The van der Waals surface area contributed by atoms with Gasteiger partial charge in [-0.2, -0.15) is 13.1 Å². The van der Waals surface area contributed by atoms with Crippen molar-refractivity contribution in [3.05, 3.63) is 143 Å². The van der Waals surface area contributed by atoms with Crippen LogP contribution in [-0.4, -0.2) is 141 Å². The lowest BCUT2D eigenvalue weighted by Gasteiger charge is -2.29. The molecule has 12 rings (SSSR count). The van der Waals surface area contributed by atoms with Crippen LogP contribution >= 0.6 is 0 Å². The molecule has 87 heavy (non-hydrogen) atoms. The van der Waals surface area contributed by atoms with Crippen molar-refractivity contribution in [2.75, 3.05) is 146 Å². The minimum atomic E-state index is -3.35. The Kier molecular flexibility index (Phi) is 23.0. The van der Waals surface area contributed by atoms with Gasteiger partial charge in [-0.1, -0.05) is 36.4 Å². The van der Waals surface area contributed by atoms with Crippen LogP contribution in [0.25, 0.3) is 0 Å². The number of rotatable bonds is 11. The van der Waals surface area contributed by atoms with Crippen molar-refractivity contribution in [1.82, 2.24) is 24.7 Å². The monoisotopic (exact) mass is 1210 g/mol. The number of nitrogens with one attached hydrogen (secondary N) is 14. The smallest absolute Gasteiger partial charge is 0.322 e. The van der Waals surface area contributed by atoms with Gasteiger partial charge in [-0.25, -0.2) is 19.2 Å². The fourth-order valence-corrected chi connectivity index (χ4v) is 10.4. The van der Waals surface area contributed by atoms with Crippen molar-refractivity contribution in [3.8, 4) is 0 Å². The van der Waals surface area contributed by atoms with Crippen LogP contribution in [0.4, 0.5) is 87.4 Å². The summed E-state index contributed by atoms with van der Waals surface area (Å²) >= 11 is 0. The number of benzene rings is 6. The molecule has 0 fully saturated rings. The normalized spacial score (nSPS) is 15.0. The van der Waals surface area contributed by atoms with Crippen molar-refractivity contribution in [1.29, 1.82) is 0 Å². The van der Waals surface area contributed by atoms with E-state index in [-0.39, 0.29) is 36.6 Å².